The summed E-state index contributed by atoms with van der Waals surface area (Å²) in [5.41, 5.74) is 1.39. The highest BCUT2D eigenvalue weighted by Crippen LogP contribution is 2.25. The number of anilines is 1. The van der Waals surface area contributed by atoms with E-state index in [1.807, 2.05) is 6.92 Å². The number of pyridine rings is 1. The highest BCUT2D eigenvalue weighted by Gasteiger charge is 2.41. The Hall–Kier alpha value is -2.52. The largest absolute Gasteiger partial charge is 0.382 e. The molecular formula is C18H26N4O5. The Labute approximate surface area is 157 Å². The third kappa shape index (κ3) is 5.24. The lowest BCUT2D eigenvalue weighted by atomic mass is 9.93. The molecule has 3 atom stereocenters. The third-order valence-corrected chi connectivity index (χ3v) is 4.70. The van der Waals surface area contributed by atoms with Crippen LogP contribution >= 0.6 is 0 Å². The van der Waals surface area contributed by atoms with Gasteiger partial charge in [-0.1, -0.05) is 25.8 Å². The fourth-order valence-corrected chi connectivity index (χ4v) is 3.25. The van der Waals surface area contributed by atoms with Crippen molar-refractivity contribution >= 4 is 23.5 Å². The van der Waals surface area contributed by atoms with E-state index in [0.29, 0.717) is 31.6 Å². The smallest absolute Gasteiger partial charge is 0.272 e. The zero-order valence-corrected chi connectivity index (χ0v) is 15.3. The van der Waals surface area contributed by atoms with Gasteiger partial charge in [-0.15, -0.1) is 0 Å². The van der Waals surface area contributed by atoms with Crippen LogP contribution in [-0.2, 0) is 14.4 Å². The molecular weight excluding hydrogens is 352 g/mol. The summed E-state index contributed by atoms with van der Waals surface area (Å²) < 4.78 is 0. The van der Waals surface area contributed by atoms with E-state index in [1.54, 1.807) is 24.4 Å². The van der Waals surface area contributed by atoms with Gasteiger partial charge in [-0.3, -0.25) is 19.6 Å². The van der Waals surface area contributed by atoms with Crippen molar-refractivity contribution in [1.29, 1.82) is 0 Å². The van der Waals surface area contributed by atoms with Crippen LogP contribution < -0.4 is 10.8 Å². The van der Waals surface area contributed by atoms with Gasteiger partial charge in [0, 0.05) is 12.7 Å². The number of hydrogen-bond acceptors (Lipinski definition) is 6. The molecule has 0 aromatic carbocycles. The molecule has 2 heterocycles. The van der Waals surface area contributed by atoms with Gasteiger partial charge >= 0.3 is 0 Å². The first-order valence-electron chi connectivity index (χ1n) is 9.14. The minimum Gasteiger partial charge on any atom is -0.382 e. The maximum Gasteiger partial charge on any atom is 0.272 e. The third-order valence-electron chi connectivity index (χ3n) is 4.70. The Morgan fingerprint density at radius 3 is 2.78 bits per heavy atom. The minimum atomic E-state index is -1.67. The Morgan fingerprint density at radius 2 is 2.15 bits per heavy atom. The molecule has 9 heteroatoms. The predicted octanol–water partition coefficient (Wildman–Crippen LogP) is 0.684. The quantitative estimate of drug-likeness (QED) is 0.389. The van der Waals surface area contributed by atoms with E-state index in [1.165, 1.54) is 10.4 Å². The average molecular weight is 378 g/mol. The molecule has 4 N–H and O–H groups in total. The number of aliphatic hydroxyl groups is 1. The highest BCUT2D eigenvalue weighted by molar-refractivity contribution is 5.98. The first-order chi connectivity index (χ1) is 13.0. The minimum absolute atomic E-state index is 0.287. The monoisotopic (exact) mass is 378 g/mol. The summed E-state index contributed by atoms with van der Waals surface area (Å²) in [5.74, 6) is -2.46. The molecule has 1 fully saturated rings. The molecule has 1 aliphatic heterocycles. The normalized spacial score (nSPS) is 18.6. The SMILES string of the molecule is CCCCC(C(=O)N1CCC[C@H]1C(=O)Nc1ccccn1)C(O)C(=O)NO. The molecule has 0 bridgehead atoms. The summed E-state index contributed by atoms with van der Waals surface area (Å²) in [6, 6.07) is 4.43. The molecule has 148 valence electrons. The number of amides is 3. The van der Waals surface area contributed by atoms with Gasteiger partial charge in [0.15, 0.2) is 0 Å². The van der Waals surface area contributed by atoms with Crippen molar-refractivity contribution in [2.24, 2.45) is 5.92 Å². The number of nitrogens with one attached hydrogen (secondary N) is 2. The van der Waals surface area contributed by atoms with Crippen molar-refractivity contribution in [2.45, 2.75) is 51.2 Å². The van der Waals surface area contributed by atoms with E-state index < -0.39 is 29.9 Å². The maximum absolute atomic E-state index is 13.0. The predicted molar refractivity (Wildman–Crippen MR) is 96.6 cm³/mol. The van der Waals surface area contributed by atoms with Gasteiger partial charge in [0.25, 0.3) is 5.91 Å². The number of hydroxylamine groups is 1. The van der Waals surface area contributed by atoms with Crippen LogP contribution in [0.1, 0.15) is 39.0 Å². The van der Waals surface area contributed by atoms with Gasteiger partial charge in [-0.05, 0) is 31.4 Å². The fourth-order valence-electron chi connectivity index (χ4n) is 3.25. The van der Waals surface area contributed by atoms with E-state index in [-0.39, 0.29) is 12.3 Å². The number of hydrogen-bond donors (Lipinski definition) is 4. The first kappa shape index (κ1) is 20.8. The molecule has 2 unspecified atom stereocenters. The Balaban J connectivity index is 2.12. The number of rotatable bonds is 8. The van der Waals surface area contributed by atoms with E-state index in [0.717, 1.165) is 6.42 Å². The fraction of sp³-hybridized carbons (Fsp3) is 0.556. The number of aliphatic hydroxyl groups excluding tert-OH is 1. The Bertz CT molecular complexity index is 654. The van der Waals surface area contributed by atoms with Crippen molar-refractivity contribution in [3.8, 4) is 0 Å². The number of nitrogens with zero attached hydrogens (tertiary/aromatic N) is 2. The van der Waals surface area contributed by atoms with Crippen LogP contribution in [-0.4, -0.2) is 56.6 Å². The Kier molecular flexibility index (Phi) is 7.68. The van der Waals surface area contributed by atoms with Crippen LogP contribution in [0.2, 0.25) is 0 Å². The molecule has 1 aromatic rings. The summed E-state index contributed by atoms with van der Waals surface area (Å²) in [6.45, 7) is 2.30. The molecule has 2 rings (SSSR count). The summed E-state index contributed by atoms with van der Waals surface area (Å²) in [6.07, 6.45) is 2.72. The van der Waals surface area contributed by atoms with Gasteiger partial charge in [0.1, 0.15) is 18.0 Å². The van der Waals surface area contributed by atoms with E-state index in [2.05, 4.69) is 10.3 Å². The van der Waals surface area contributed by atoms with Gasteiger partial charge in [-0.25, -0.2) is 10.5 Å². The van der Waals surface area contributed by atoms with Crippen LogP contribution in [0.3, 0.4) is 0 Å². The molecule has 0 radical (unpaired) electrons. The molecule has 9 nitrogen and oxygen atoms in total. The molecule has 0 spiro atoms. The lowest BCUT2D eigenvalue weighted by Gasteiger charge is -2.29. The summed E-state index contributed by atoms with van der Waals surface area (Å²) in [5, 5.41) is 21.6. The van der Waals surface area contributed by atoms with Crippen molar-refractivity contribution in [3.63, 3.8) is 0 Å². The van der Waals surface area contributed by atoms with Crippen LogP contribution in [0.5, 0.6) is 0 Å². The van der Waals surface area contributed by atoms with Gasteiger partial charge in [0.05, 0.1) is 5.92 Å². The number of likely N-dealkylation sites (tertiary alicyclic amines) is 1. The number of carbonyl (C=O) groups is 3. The van der Waals surface area contributed by atoms with Crippen LogP contribution in [0.15, 0.2) is 24.4 Å². The van der Waals surface area contributed by atoms with Crippen molar-refractivity contribution in [2.75, 3.05) is 11.9 Å². The Morgan fingerprint density at radius 1 is 1.37 bits per heavy atom. The van der Waals surface area contributed by atoms with Crippen molar-refractivity contribution in [1.82, 2.24) is 15.4 Å². The van der Waals surface area contributed by atoms with Crippen LogP contribution in [0.4, 0.5) is 5.82 Å². The second-order valence-corrected chi connectivity index (χ2v) is 6.56. The lowest BCUT2D eigenvalue weighted by molar-refractivity contribution is -0.152. The van der Waals surface area contributed by atoms with E-state index in [4.69, 9.17) is 5.21 Å². The van der Waals surface area contributed by atoms with E-state index in [9.17, 15) is 19.5 Å². The van der Waals surface area contributed by atoms with Crippen LogP contribution in [0, 0.1) is 5.92 Å². The molecule has 1 aromatic heterocycles. The van der Waals surface area contributed by atoms with Gasteiger partial charge in [-0.2, -0.15) is 0 Å². The lowest BCUT2D eigenvalue weighted by Crippen LogP contribution is -2.50. The van der Waals surface area contributed by atoms with Gasteiger partial charge in [0.2, 0.25) is 11.8 Å². The topological polar surface area (TPSA) is 132 Å². The molecule has 0 aliphatic carbocycles. The summed E-state index contributed by atoms with van der Waals surface area (Å²) >= 11 is 0. The van der Waals surface area contributed by atoms with Crippen molar-refractivity contribution in [3.05, 3.63) is 24.4 Å². The first-order valence-corrected chi connectivity index (χ1v) is 9.14. The number of aromatic nitrogens is 1. The average Bonchev–Trinajstić information content (AvgIpc) is 3.18. The summed E-state index contributed by atoms with van der Waals surface area (Å²) in [7, 11) is 0. The zero-order chi connectivity index (χ0) is 19.8. The van der Waals surface area contributed by atoms with Gasteiger partial charge < -0.3 is 15.3 Å². The standard InChI is InChI=1S/C18H26N4O5/c1-2-3-7-12(15(23)17(25)21-27)18(26)22-11-6-8-13(22)16(24)20-14-9-4-5-10-19-14/h4-5,9-10,12-13,15,23,27H,2-3,6-8,11H2,1H3,(H,21,25)(H,19,20,24)/t12?,13-,15?/m0/s1. The maximum atomic E-state index is 13.0. The molecule has 27 heavy (non-hydrogen) atoms. The summed E-state index contributed by atoms with van der Waals surface area (Å²) in [4.78, 5) is 42.7. The molecule has 0 saturated carbocycles. The van der Waals surface area contributed by atoms with Crippen molar-refractivity contribution < 1.29 is 24.7 Å². The number of carbonyl (C=O) groups excluding carboxylic acids is 3. The second kappa shape index (κ2) is 9.98. The molecule has 1 aliphatic rings. The molecule has 3 amide bonds. The highest BCUT2D eigenvalue weighted by atomic mass is 16.5. The van der Waals surface area contributed by atoms with Crippen LogP contribution in [0.25, 0.3) is 0 Å². The molecule has 1 saturated heterocycles. The second-order valence-electron chi connectivity index (χ2n) is 6.56. The zero-order valence-electron chi connectivity index (χ0n) is 15.3. The number of unbranched alkanes of at least 4 members (excludes halogenated alkanes) is 1. The van der Waals surface area contributed by atoms with E-state index >= 15 is 0 Å².